The summed E-state index contributed by atoms with van der Waals surface area (Å²) in [7, 11) is 0. The summed E-state index contributed by atoms with van der Waals surface area (Å²) in [4.78, 5) is 16.1. The molecule has 0 aliphatic rings. The lowest BCUT2D eigenvalue weighted by Gasteiger charge is -2.20. The molecule has 1 aromatic heterocycles. The fourth-order valence-corrected chi connectivity index (χ4v) is 2.13. The SMILES string of the molecule is C[C@@H](NC(=O)c1cccnc1)c1ccc(C(C)(C)C)cc1. The number of pyridine rings is 1. The minimum Gasteiger partial charge on any atom is -0.345 e. The van der Waals surface area contributed by atoms with Gasteiger partial charge in [-0.2, -0.15) is 0 Å². The molecule has 2 rings (SSSR count). The molecule has 21 heavy (non-hydrogen) atoms. The summed E-state index contributed by atoms with van der Waals surface area (Å²) < 4.78 is 0. The number of aromatic nitrogens is 1. The highest BCUT2D eigenvalue weighted by molar-refractivity contribution is 5.94. The van der Waals surface area contributed by atoms with Gasteiger partial charge in [0.15, 0.2) is 0 Å². The van der Waals surface area contributed by atoms with Gasteiger partial charge in [-0.1, -0.05) is 45.0 Å². The van der Waals surface area contributed by atoms with Gasteiger partial charge in [0.2, 0.25) is 0 Å². The first-order valence-corrected chi connectivity index (χ1v) is 7.19. The molecular weight excluding hydrogens is 260 g/mol. The Morgan fingerprint density at radius 3 is 2.33 bits per heavy atom. The van der Waals surface area contributed by atoms with Gasteiger partial charge in [0, 0.05) is 12.4 Å². The Bertz CT molecular complexity index is 597. The first kappa shape index (κ1) is 15.2. The molecular formula is C18H22N2O. The molecule has 1 heterocycles. The summed E-state index contributed by atoms with van der Waals surface area (Å²) in [5.41, 5.74) is 3.11. The van der Waals surface area contributed by atoms with Crippen molar-refractivity contribution >= 4 is 5.91 Å². The van der Waals surface area contributed by atoms with Crippen LogP contribution in [0.25, 0.3) is 0 Å². The van der Waals surface area contributed by atoms with Crippen molar-refractivity contribution in [2.24, 2.45) is 0 Å². The fraction of sp³-hybridized carbons (Fsp3) is 0.333. The van der Waals surface area contributed by atoms with E-state index in [1.165, 1.54) is 5.56 Å². The number of rotatable bonds is 3. The van der Waals surface area contributed by atoms with Crippen LogP contribution in [0, 0.1) is 0 Å². The van der Waals surface area contributed by atoms with E-state index in [4.69, 9.17) is 0 Å². The third-order valence-corrected chi connectivity index (χ3v) is 3.55. The Hall–Kier alpha value is -2.16. The van der Waals surface area contributed by atoms with Crippen molar-refractivity contribution in [3.8, 4) is 0 Å². The predicted molar refractivity (Wildman–Crippen MR) is 85.3 cm³/mol. The van der Waals surface area contributed by atoms with E-state index in [1.54, 1.807) is 24.5 Å². The first-order valence-electron chi connectivity index (χ1n) is 7.19. The van der Waals surface area contributed by atoms with Crippen LogP contribution in [0.5, 0.6) is 0 Å². The zero-order chi connectivity index (χ0) is 15.5. The molecule has 0 fully saturated rings. The van der Waals surface area contributed by atoms with Gasteiger partial charge in [-0.3, -0.25) is 9.78 Å². The van der Waals surface area contributed by atoms with Crippen molar-refractivity contribution in [3.63, 3.8) is 0 Å². The number of amides is 1. The van der Waals surface area contributed by atoms with Gasteiger partial charge in [-0.15, -0.1) is 0 Å². The average molecular weight is 282 g/mol. The number of hydrogen-bond donors (Lipinski definition) is 1. The van der Waals surface area contributed by atoms with Crippen molar-refractivity contribution in [3.05, 3.63) is 65.5 Å². The second kappa shape index (κ2) is 6.08. The second-order valence-electron chi connectivity index (χ2n) is 6.31. The van der Waals surface area contributed by atoms with E-state index in [9.17, 15) is 4.79 Å². The third-order valence-electron chi connectivity index (χ3n) is 3.55. The standard InChI is InChI=1S/C18H22N2O/c1-13(20-17(21)15-6-5-11-19-12-15)14-7-9-16(10-8-14)18(2,3)4/h5-13H,1-4H3,(H,20,21)/t13-/m1/s1. The van der Waals surface area contributed by atoms with Crippen molar-refractivity contribution in [1.82, 2.24) is 10.3 Å². The van der Waals surface area contributed by atoms with E-state index in [0.717, 1.165) is 5.56 Å². The fourth-order valence-electron chi connectivity index (χ4n) is 2.13. The number of nitrogens with one attached hydrogen (secondary N) is 1. The van der Waals surface area contributed by atoms with Gasteiger partial charge < -0.3 is 5.32 Å². The Morgan fingerprint density at radius 1 is 1.14 bits per heavy atom. The molecule has 3 nitrogen and oxygen atoms in total. The minimum absolute atomic E-state index is 0.0354. The van der Waals surface area contributed by atoms with Gasteiger partial charge in [0.1, 0.15) is 0 Å². The largest absolute Gasteiger partial charge is 0.345 e. The second-order valence-corrected chi connectivity index (χ2v) is 6.31. The lowest BCUT2D eigenvalue weighted by Crippen LogP contribution is -2.26. The number of nitrogens with zero attached hydrogens (tertiary/aromatic N) is 1. The highest BCUT2D eigenvalue weighted by Crippen LogP contribution is 2.24. The van der Waals surface area contributed by atoms with E-state index in [2.05, 4.69) is 55.3 Å². The Kier molecular flexibility index (Phi) is 4.41. The van der Waals surface area contributed by atoms with Gasteiger partial charge >= 0.3 is 0 Å². The predicted octanol–water partition coefficient (Wildman–Crippen LogP) is 3.87. The van der Waals surface area contributed by atoms with Crippen LogP contribution >= 0.6 is 0 Å². The molecule has 1 amide bonds. The Morgan fingerprint density at radius 2 is 1.81 bits per heavy atom. The average Bonchev–Trinajstić information content (AvgIpc) is 2.47. The monoisotopic (exact) mass is 282 g/mol. The molecule has 0 saturated heterocycles. The smallest absolute Gasteiger partial charge is 0.253 e. The first-order chi connectivity index (χ1) is 9.88. The molecule has 2 aromatic rings. The maximum Gasteiger partial charge on any atom is 0.253 e. The summed E-state index contributed by atoms with van der Waals surface area (Å²) in [5, 5.41) is 2.99. The lowest BCUT2D eigenvalue weighted by molar-refractivity contribution is 0.0939. The van der Waals surface area contributed by atoms with Crippen LogP contribution in [-0.2, 0) is 5.41 Å². The molecule has 1 atom stereocenters. The van der Waals surface area contributed by atoms with Crippen molar-refractivity contribution in [2.75, 3.05) is 0 Å². The zero-order valence-corrected chi connectivity index (χ0v) is 13.1. The van der Waals surface area contributed by atoms with Crippen molar-refractivity contribution in [2.45, 2.75) is 39.2 Å². The molecule has 0 aliphatic heterocycles. The minimum atomic E-state index is -0.101. The van der Waals surface area contributed by atoms with Gasteiger partial charge in [0.25, 0.3) is 5.91 Å². The highest BCUT2D eigenvalue weighted by atomic mass is 16.1. The third kappa shape index (κ3) is 3.91. The molecule has 0 radical (unpaired) electrons. The van der Waals surface area contributed by atoms with Crippen molar-refractivity contribution < 1.29 is 4.79 Å². The molecule has 0 spiro atoms. The number of carbonyl (C=O) groups is 1. The maximum atomic E-state index is 12.1. The van der Waals surface area contributed by atoms with Gasteiger partial charge in [-0.25, -0.2) is 0 Å². The maximum absolute atomic E-state index is 12.1. The summed E-state index contributed by atoms with van der Waals surface area (Å²) >= 11 is 0. The molecule has 0 saturated carbocycles. The van der Waals surface area contributed by atoms with E-state index >= 15 is 0 Å². The van der Waals surface area contributed by atoms with E-state index < -0.39 is 0 Å². The van der Waals surface area contributed by atoms with E-state index in [-0.39, 0.29) is 17.4 Å². The van der Waals surface area contributed by atoms with Crippen LogP contribution in [0.1, 0.15) is 55.2 Å². The van der Waals surface area contributed by atoms with Crippen LogP contribution in [0.15, 0.2) is 48.8 Å². The molecule has 1 N–H and O–H groups in total. The molecule has 3 heteroatoms. The van der Waals surface area contributed by atoms with Crippen LogP contribution < -0.4 is 5.32 Å². The Balaban J connectivity index is 2.07. The van der Waals surface area contributed by atoms with Crippen LogP contribution in [0.3, 0.4) is 0 Å². The summed E-state index contributed by atoms with van der Waals surface area (Å²) in [6.45, 7) is 8.56. The van der Waals surface area contributed by atoms with Gasteiger partial charge in [-0.05, 0) is 35.6 Å². The highest BCUT2D eigenvalue weighted by Gasteiger charge is 2.15. The summed E-state index contributed by atoms with van der Waals surface area (Å²) in [5.74, 6) is -0.101. The molecule has 110 valence electrons. The van der Waals surface area contributed by atoms with E-state index in [1.807, 2.05) is 6.92 Å². The number of benzene rings is 1. The molecule has 0 aliphatic carbocycles. The summed E-state index contributed by atoms with van der Waals surface area (Å²) in [6.07, 6.45) is 3.23. The zero-order valence-electron chi connectivity index (χ0n) is 13.1. The lowest BCUT2D eigenvalue weighted by atomic mass is 9.86. The quantitative estimate of drug-likeness (QED) is 0.928. The molecule has 0 bridgehead atoms. The molecule has 0 unspecified atom stereocenters. The topological polar surface area (TPSA) is 42.0 Å². The summed E-state index contributed by atoms with van der Waals surface area (Å²) in [6, 6.07) is 11.9. The number of hydrogen-bond acceptors (Lipinski definition) is 2. The Labute approximate surface area is 126 Å². The number of carbonyl (C=O) groups excluding carboxylic acids is 1. The molecule has 1 aromatic carbocycles. The van der Waals surface area contributed by atoms with Crippen molar-refractivity contribution in [1.29, 1.82) is 0 Å². The van der Waals surface area contributed by atoms with Crippen LogP contribution in [0.2, 0.25) is 0 Å². The normalized spacial score (nSPS) is 12.8. The van der Waals surface area contributed by atoms with E-state index in [0.29, 0.717) is 5.56 Å². The van der Waals surface area contributed by atoms with Gasteiger partial charge in [0.05, 0.1) is 11.6 Å². The van der Waals surface area contributed by atoms with Crippen LogP contribution in [-0.4, -0.2) is 10.9 Å². The van der Waals surface area contributed by atoms with Crippen LogP contribution in [0.4, 0.5) is 0 Å².